The molecule has 1 aliphatic heterocycles. The second-order valence-electron chi connectivity index (χ2n) is 7.80. The van der Waals surface area contributed by atoms with Gasteiger partial charge >= 0.3 is 6.03 Å². The Labute approximate surface area is 165 Å². The number of aryl methyl sites for hydroxylation is 1. The van der Waals surface area contributed by atoms with Crippen molar-refractivity contribution in [2.75, 3.05) is 23.3 Å². The van der Waals surface area contributed by atoms with E-state index in [0.717, 1.165) is 29.9 Å². The van der Waals surface area contributed by atoms with Crippen LogP contribution < -0.4 is 15.5 Å². The summed E-state index contributed by atoms with van der Waals surface area (Å²) in [6.45, 7) is 3.06. The van der Waals surface area contributed by atoms with E-state index < -0.39 is 0 Å². The van der Waals surface area contributed by atoms with Crippen LogP contribution in [0.5, 0.6) is 0 Å². The van der Waals surface area contributed by atoms with E-state index in [4.69, 9.17) is 0 Å². The second kappa shape index (κ2) is 8.04. The first-order valence-electron chi connectivity index (χ1n) is 10.1. The molecule has 1 aromatic heterocycles. The van der Waals surface area contributed by atoms with Gasteiger partial charge in [-0.15, -0.1) is 0 Å². The quantitative estimate of drug-likeness (QED) is 0.832. The third-order valence-electron chi connectivity index (χ3n) is 5.71. The molecule has 0 spiro atoms. The molecule has 2 N–H and O–H groups in total. The lowest BCUT2D eigenvalue weighted by atomic mass is 10.1. The molecular weight excluding hydrogens is 354 g/mol. The lowest BCUT2D eigenvalue weighted by molar-refractivity contribution is -0.117. The van der Waals surface area contributed by atoms with Gasteiger partial charge in [-0.2, -0.15) is 5.10 Å². The molecule has 4 rings (SSSR count). The van der Waals surface area contributed by atoms with Crippen molar-refractivity contribution in [2.24, 2.45) is 5.92 Å². The molecule has 1 aromatic carbocycles. The number of benzene rings is 1. The van der Waals surface area contributed by atoms with Gasteiger partial charge in [-0.3, -0.25) is 10.1 Å². The molecule has 2 aliphatic rings. The number of hydrogen-bond donors (Lipinski definition) is 2. The first-order chi connectivity index (χ1) is 13.6. The van der Waals surface area contributed by atoms with Crippen molar-refractivity contribution >= 4 is 23.4 Å². The van der Waals surface area contributed by atoms with E-state index >= 15 is 0 Å². The van der Waals surface area contributed by atoms with Gasteiger partial charge in [-0.1, -0.05) is 31.0 Å². The van der Waals surface area contributed by atoms with Crippen molar-refractivity contribution < 1.29 is 9.59 Å². The zero-order chi connectivity index (χ0) is 19.5. The second-order valence-corrected chi connectivity index (χ2v) is 7.80. The Morgan fingerprint density at radius 2 is 1.96 bits per heavy atom. The van der Waals surface area contributed by atoms with Crippen LogP contribution in [0.4, 0.5) is 16.3 Å². The zero-order valence-corrected chi connectivity index (χ0v) is 16.2. The monoisotopic (exact) mass is 381 g/mol. The fourth-order valence-corrected chi connectivity index (χ4v) is 4.19. The van der Waals surface area contributed by atoms with E-state index in [1.165, 1.54) is 12.8 Å². The van der Waals surface area contributed by atoms with Crippen LogP contribution in [0.25, 0.3) is 0 Å². The summed E-state index contributed by atoms with van der Waals surface area (Å²) in [6.07, 6.45) is 6.90. The van der Waals surface area contributed by atoms with E-state index in [-0.39, 0.29) is 17.9 Å². The van der Waals surface area contributed by atoms with Gasteiger partial charge in [0.25, 0.3) is 0 Å². The summed E-state index contributed by atoms with van der Waals surface area (Å²) >= 11 is 0. The highest BCUT2D eigenvalue weighted by molar-refractivity contribution is 5.96. The molecule has 7 nitrogen and oxygen atoms in total. The first kappa shape index (κ1) is 18.5. The van der Waals surface area contributed by atoms with E-state index in [9.17, 15) is 9.59 Å². The van der Waals surface area contributed by atoms with Crippen LogP contribution in [-0.2, 0) is 4.79 Å². The maximum absolute atomic E-state index is 12.5. The summed E-state index contributed by atoms with van der Waals surface area (Å²) in [4.78, 5) is 26.6. The Hall–Kier alpha value is -2.83. The summed E-state index contributed by atoms with van der Waals surface area (Å²) in [5.41, 5.74) is 1.88. The molecule has 0 radical (unpaired) electrons. The van der Waals surface area contributed by atoms with E-state index in [0.29, 0.717) is 25.6 Å². The van der Waals surface area contributed by atoms with E-state index in [2.05, 4.69) is 15.7 Å². The molecule has 7 heteroatoms. The first-order valence-corrected chi connectivity index (χ1v) is 10.1. The van der Waals surface area contributed by atoms with Crippen LogP contribution in [0.2, 0.25) is 0 Å². The maximum Gasteiger partial charge on any atom is 0.320 e. The largest absolute Gasteiger partial charge is 0.337 e. The summed E-state index contributed by atoms with van der Waals surface area (Å²) in [7, 11) is 0. The molecule has 28 heavy (non-hydrogen) atoms. The van der Waals surface area contributed by atoms with Crippen LogP contribution >= 0.6 is 0 Å². The zero-order valence-electron chi connectivity index (χ0n) is 16.2. The van der Waals surface area contributed by atoms with Crippen molar-refractivity contribution in [1.29, 1.82) is 0 Å². The summed E-state index contributed by atoms with van der Waals surface area (Å²) < 4.78 is 1.96. The highest BCUT2D eigenvalue weighted by Gasteiger charge is 2.30. The highest BCUT2D eigenvalue weighted by Crippen LogP contribution is 2.32. The number of amides is 3. The fourth-order valence-electron chi connectivity index (χ4n) is 4.19. The van der Waals surface area contributed by atoms with Gasteiger partial charge in [-0.25, -0.2) is 9.48 Å². The van der Waals surface area contributed by atoms with Crippen LogP contribution in [0, 0.1) is 12.8 Å². The number of nitrogens with one attached hydrogen (secondary N) is 2. The number of carbonyl (C=O) groups excluding carboxylic acids is 2. The molecular formula is C21H27N5O2. The molecule has 0 bridgehead atoms. The molecule has 2 aromatic rings. The number of para-hydroxylation sites is 1. The van der Waals surface area contributed by atoms with Gasteiger partial charge < -0.3 is 10.2 Å². The molecule has 3 amide bonds. The molecule has 1 aliphatic carbocycles. The fraction of sp³-hybridized carbons (Fsp3) is 0.476. The van der Waals surface area contributed by atoms with Crippen molar-refractivity contribution in [1.82, 2.24) is 15.1 Å². The Bertz CT molecular complexity index is 842. The van der Waals surface area contributed by atoms with Crippen LogP contribution in [0.1, 0.15) is 43.7 Å². The van der Waals surface area contributed by atoms with Crippen molar-refractivity contribution in [2.45, 2.75) is 45.1 Å². The van der Waals surface area contributed by atoms with Gasteiger partial charge in [0.05, 0.1) is 12.2 Å². The topological polar surface area (TPSA) is 79.3 Å². The number of aromatic nitrogens is 2. The Kier molecular flexibility index (Phi) is 5.32. The molecule has 1 atom stereocenters. The predicted octanol–water partition coefficient (Wildman–Crippen LogP) is 3.48. The number of carbonyl (C=O) groups is 2. The number of hydrogen-bond acceptors (Lipinski definition) is 3. The molecule has 2 heterocycles. The minimum absolute atomic E-state index is 0.105. The van der Waals surface area contributed by atoms with Gasteiger partial charge in [0.2, 0.25) is 5.91 Å². The van der Waals surface area contributed by atoms with Crippen molar-refractivity contribution in [3.05, 3.63) is 42.1 Å². The molecule has 148 valence electrons. The van der Waals surface area contributed by atoms with E-state index in [1.54, 1.807) is 11.1 Å². The molecule has 1 saturated heterocycles. The van der Waals surface area contributed by atoms with E-state index in [1.807, 2.05) is 41.9 Å². The van der Waals surface area contributed by atoms with Gasteiger partial charge in [0.15, 0.2) is 0 Å². The minimum atomic E-state index is -0.242. The Balaban J connectivity index is 1.32. The average Bonchev–Trinajstić information content (AvgIpc) is 3.42. The number of urea groups is 1. The third-order valence-corrected chi connectivity index (χ3v) is 5.71. The van der Waals surface area contributed by atoms with Gasteiger partial charge in [0.1, 0.15) is 5.82 Å². The van der Waals surface area contributed by atoms with Gasteiger partial charge in [-0.05, 0) is 31.9 Å². The highest BCUT2D eigenvalue weighted by atomic mass is 16.2. The predicted molar refractivity (Wildman–Crippen MR) is 108 cm³/mol. The van der Waals surface area contributed by atoms with Crippen LogP contribution in [-0.4, -0.2) is 34.8 Å². The van der Waals surface area contributed by atoms with Crippen LogP contribution in [0.15, 0.2) is 36.5 Å². The third kappa shape index (κ3) is 3.88. The molecule has 1 saturated carbocycles. The molecule has 2 fully saturated rings. The van der Waals surface area contributed by atoms with Crippen molar-refractivity contribution in [3.63, 3.8) is 0 Å². The maximum atomic E-state index is 12.5. The summed E-state index contributed by atoms with van der Waals surface area (Å²) in [6, 6.07) is 9.80. The lowest BCUT2D eigenvalue weighted by Crippen LogP contribution is -2.35. The number of nitrogens with zero attached hydrogens (tertiary/aromatic N) is 3. The van der Waals surface area contributed by atoms with Crippen LogP contribution in [0.3, 0.4) is 0 Å². The normalized spacial score (nSPS) is 20.0. The van der Waals surface area contributed by atoms with Crippen molar-refractivity contribution in [3.8, 4) is 0 Å². The lowest BCUT2D eigenvalue weighted by Gasteiger charge is -2.18. The standard InChI is InChI=1S/C21H27N5O2/c1-15-12-23-26(18-9-5-6-10-18)20(15)24-21(28)22-13-16-11-19(27)25(14-16)17-7-3-2-4-8-17/h2-4,7-8,12,16,18H,5-6,9-11,13-14H2,1H3,(H2,22,24,28). The summed E-state index contributed by atoms with van der Waals surface area (Å²) in [5.74, 6) is 0.991. The SMILES string of the molecule is Cc1cnn(C2CCCC2)c1NC(=O)NCC1CC(=O)N(c2ccccc2)C1. The van der Waals surface area contributed by atoms with Gasteiger partial charge in [0, 0.05) is 36.7 Å². The summed E-state index contributed by atoms with van der Waals surface area (Å²) in [5, 5.41) is 10.4. The smallest absolute Gasteiger partial charge is 0.320 e. The average molecular weight is 381 g/mol. The number of anilines is 2. The minimum Gasteiger partial charge on any atom is -0.337 e. The Morgan fingerprint density at radius 1 is 1.21 bits per heavy atom. The number of rotatable bonds is 5. The molecule has 1 unspecified atom stereocenters. The Morgan fingerprint density at radius 3 is 2.71 bits per heavy atom.